The molecular weight excluding hydrogens is 622 g/mol. The van der Waals surface area contributed by atoms with E-state index in [9.17, 15) is 23.2 Å². The van der Waals surface area contributed by atoms with Crippen LogP contribution in [0.4, 0.5) is 20.7 Å². The Hall–Kier alpha value is -6.08. The van der Waals surface area contributed by atoms with Gasteiger partial charge in [-0.15, -0.1) is 0 Å². The van der Waals surface area contributed by atoms with Gasteiger partial charge >= 0.3 is 0 Å². The molecule has 0 saturated heterocycles. The molecule has 0 aliphatic heterocycles. The SMILES string of the molecule is COCCOc1nc(N(C(=O)CNC(C)=O)c2nc3ccc(-c4ccc(F)cc4)cc3c(=O)[nH]2)nc2ccc(-c3ccc(F)cc3)cc12. The van der Waals surface area contributed by atoms with Crippen molar-refractivity contribution in [3.8, 4) is 28.1 Å². The number of aromatic amines is 1. The van der Waals surface area contributed by atoms with Crippen molar-refractivity contribution in [3.05, 3.63) is 107 Å². The first-order chi connectivity index (χ1) is 23.2. The number of ether oxygens (including phenoxy) is 2. The van der Waals surface area contributed by atoms with Gasteiger partial charge in [-0.3, -0.25) is 19.4 Å². The molecule has 0 fully saturated rings. The van der Waals surface area contributed by atoms with Gasteiger partial charge < -0.3 is 14.8 Å². The van der Waals surface area contributed by atoms with Gasteiger partial charge in [0.05, 0.1) is 35.0 Å². The van der Waals surface area contributed by atoms with Crippen LogP contribution in [0, 0.1) is 11.6 Å². The zero-order valence-corrected chi connectivity index (χ0v) is 25.8. The number of aromatic nitrogens is 4. The van der Waals surface area contributed by atoms with Gasteiger partial charge in [0.25, 0.3) is 11.5 Å². The number of fused-ring (bicyclic) bond motifs is 2. The third-order valence-corrected chi connectivity index (χ3v) is 7.37. The number of nitrogens with zero attached hydrogens (tertiary/aromatic N) is 4. The lowest BCUT2D eigenvalue weighted by molar-refractivity contribution is -0.123. The first kappa shape index (κ1) is 31.9. The first-order valence-electron chi connectivity index (χ1n) is 14.8. The normalized spacial score (nSPS) is 11.1. The number of hydrogen-bond acceptors (Lipinski definition) is 8. The minimum atomic E-state index is -0.694. The lowest BCUT2D eigenvalue weighted by Crippen LogP contribution is -2.39. The van der Waals surface area contributed by atoms with Gasteiger partial charge in [0.15, 0.2) is 0 Å². The zero-order chi connectivity index (χ0) is 33.8. The van der Waals surface area contributed by atoms with E-state index in [-0.39, 0.29) is 53.5 Å². The zero-order valence-electron chi connectivity index (χ0n) is 25.8. The second kappa shape index (κ2) is 13.7. The second-order valence-electron chi connectivity index (χ2n) is 10.7. The van der Waals surface area contributed by atoms with Gasteiger partial charge in [-0.2, -0.15) is 4.98 Å². The summed E-state index contributed by atoms with van der Waals surface area (Å²) >= 11 is 0. The predicted molar refractivity (Wildman–Crippen MR) is 176 cm³/mol. The van der Waals surface area contributed by atoms with Crippen LogP contribution in [-0.2, 0) is 14.3 Å². The fraction of sp³-hybridized carbons (Fsp3) is 0.143. The number of rotatable bonds is 10. The van der Waals surface area contributed by atoms with Crippen molar-refractivity contribution >= 4 is 45.5 Å². The molecule has 0 saturated carbocycles. The van der Waals surface area contributed by atoms with Gasteiger partial charge in [0.1, 0.15) is 18.2 Å². The summed E-state index contributed by atoms with van der Waals surface area (Å²) in [6.45, 7) is 1.16. The highest BCUT2D eigenvalue weighted by molar-refractivity contribution is 6.01. The monoisotopic (exact) mass is 650 g/mol. The molecule has 4 aromatic carbocycles. The van der Waals surface area contributed by atoms with Crippen molar-refractivity contribution in [1.82, 2.24) is 25.3 Å². The van der Waals surface area contributed by atoms with Crippen molar-refractivity contribution in [2.45, 2.75) is 6.92 Å². The molecule has 0 aliphatic carbocycles. The molecular formula is C35H28F2N6O5. The standard InChI is InChI=1S/C35H28F2N6O5/c1-20(44)38-19-31(45)43(34-39-29-13-7-23(17-27(29)32(46)41-34)21-3-9-25(36)10-4-21)35-40-30-14-8-24(22-5-11-26(37)12-6-22)18-28(30)33(42-35)48-16-15-47-2/h3-14,17-18H,15-16,19H2,1-2H3,(H,38,44)(H,39,41,46). The van der Waals surface area contributed by atoms with Crippen LogP contribution in [0.2, 0.25) is 0 Å². The predicted octanol–water partition coefficient (Wildman–Crippen LogP) is 5.30. The van der Waals surface area contributed by atoms with Gasteiger partial charge in [0, 0.05) is 14.0 Å². The molecule has 11 nitrogen and oxygen atoms in total. The summed E-state index contributed by atoms with van der Waals surface area (Å²) in [6.07, 6.45) is 0. The Bertz CT molecular complexity index is 2210. The molecule has 6 aromatic rings. The Morgan fingerprint density at radius 1 is 0.771 bits per heavy atom. The maximum atomic E-state index is 13.7. The smallest absolute Gasteiger partial charge is 0.260 e. The molecule has 6 rings (SSSR count). The van der Waals surface area contributed by atoms with E-state index in [0.29, 0.717) is 22.0 Å². The third-order valence-electron chi connectivity index (χ3n) is 7.37. The molecule has 0 unspecified atom stereocenters. The molecule has 13 heteroatoms. The summed E-state index contributed by atoms with van der Waals surface area (Å²) in [4.78, 5) is 56.3. The lowest BCUT2D eigenvalue weighted by Gasteiger charge is -2.21. The van der Waals surface area contributed by atoms with Crippen LogP contribution >= 0.6 is 0 Å². The number of amides is 2. The van der Waals surface area contributed by atoms with Crippen molar-refractivity contribution in [2.75, 3.05) is 31.8 Å². The van der Waals surface area contributed by atoms with E-state index in [4.69, 9.17) is 9.47 Å². The molecule has 0 spiro atoms. The number of benzene rings is 4. The quantitative estimate of drug-likeness (QED) is 0.190. The maximum Gasteiger partial charge on any atom is 0.260 e. The fourth-order valence-electron chi connectivity index (χ4n) is 5.00. The van der Waals surface area contributed by atoms with Gasteiger partial charge in [-0.1, -0.05) is 36.4 Å². The fourth-order valence-corrected chi connectivity index (χ4v) is 5.00. The van der Waals surface area contributed by atoms with Gasteiger partial charge in [-0.25, -0.2) is 23.6 Å². The number of carbonyl (C=O) groups is 2. The number of hydrogen-bond donors (Lipinski definition) is 2. The highest BCUT2D eigenvalue weighted by Gasteiger charge is 2.26. The summed E-state index contributed by atoms with van der Waals surface area (Å²) < 4.78 is 38.2. The Balaban J connectivity index is 1.48. The maximum absolute atomic E-state index is 13.7. The van der Waals surface area contributed by atoms with Gasteiger partial charge in [-0.05, 0) is 70.8 Å². The van der Waals surface area contributed by atoms with Crippen molar-refractivity contribution < 1.29 is 27.8 Å². The topological polar surface area (TPSA) is 139 Å². The number of anilines is 2. The average molecular weight is 651 g/mol. The van der Waals surface area contributed by atoms with E-state index in [1.54, 1.807) is 60.7 Å². The third kappa shape index (κ3) is 6.86. The highest BCUT2D eigenvalue weighted by atomic mass is 19.1. The van der Waals surface area contributed by atoms with E-state index in [1.165, 1.54) is 38.3 Å². The summed E-state index contributed by atoms with van der Waals surface area (Å²) in [6, 6.07) is 22.1. The van der Waals surface area contributed by atoms with Crippen LogP contribution in [-0.4, -0.2) is 58.6 Å². The molecule has 0 aliphatic rings. The van der Waals surface area contributed by atoms with E-state index >= 15 is 0 Å². The van der Waals surface area contributed by atoms with Crippen LogP contribution in [0.3, 0.4) is 0 Å². The molecule has 2 aromatic heterocycles. The number of H-pyrrole nitrogens is 1. The lowest BCUT2D eigenvalue weighted by atomic mass is 10.0. The molecule has 2 amide bonds. The molecule has 0 radical (unpaired) electrons. The number of methoxy groups -OCH3 is 1. The summed E-state index contributed by atoms with van der Waals surface area (Å²) in [7, 11) is 1.52. The number of nitrogens with one attached hydrogen (secondary N) is 2. The second-order valence-corrected chi connectivity index (χ2v) is 10.7. The van der Waals surface area contributed by atoms with Gasteiger partial charge in [0.2, 0.25) is 23.7 Å². The van der Waals surface area contributed by atoms with E-state index in [0.717, 1.165) is 16.0 Å². The molecule has 242 valence electrons. The number of halogens is 2. The summed E-state index contributed by atoms with van der Waals surface area (Å²) in [5.41, 5.74) is 2.95. The Kier molecular flexibility index (Phi) is 9.12. The molecule has 2 heterocycles. The van der Waals surface area contributed by atoms with E-state index < -0.39 is 23.9 Å². The molecule has 48 heavy (non-hydrogen) atoms. The van der Waals surface area contributed by atoms with Crippen LogP contribution in [0.15, 0.2) is 89.7 Å². The van der Waals surface area contributed by atoms with Crippen LogP contribution in [0.5, 0.6) is 5.88 Å². The van der Waals surface area contributed by atoms with Crippen LogP contribution < -0.4 is 20.5 Å². The molecule has 2 N–H and O–H groups in total. The number of carbonyl (C=O) groups excluding carboxylic acids is 2. The molecule has 0 bridgehead atoms. The van der Waals surface area contributed by atoms with Crippen molar-refractivity contribution in [1.29, 1.82) is 0 Å². The molecule has 0 atom stereocenters. The van der Waals surface area contributed by atoms with Crippen LogP contribution in [0.1, 0.15) is 6.92 Å². The average Bonchev–Trinajstić information content (AvgIpc) is 3.08. The van der Waals surface area contributed by atoms with Crippen molar-refractivity contribution in [3.63, 3.8) is 0 Å². The first-order valence-corrected chi connectivity index (χ1v) is 14.8. The van der Waals surface area contributed by atoms with E-state index in [1.807, 2.05) is 0 Å². The summed E-state index contributed by atoms with van der Waals surface area (Å²) in [5, 5.41) is 3.19. The minimum Gasteiger partial charge on any atom is -0.475 e. The van der Waals surface area contributed by atoms with Crippen LogP contribution in [0.25, 0.3) is 44.1 Å². The Morgan fingerprint density at radius 2 is 1.33 bits per heavy atom. The highest BCUT2D eigenvalue weighted by Crippen LogP contribution is 2.32. The minimum absolute atomic E-state index is 0.111. The van der Waals surface area contributed by atoms with E-state index in [2.05, 4.69) is 25.3 Å². The Morgan fingerprint density at radius 3 is 1.92 bits per heavy atom. The summed E-state index contributed by atoms with van der Waals surface area (Å²) in [5.74, 6) is -2.15. The van der Waals surface area contributed by atoms with Crippen molar-refractivity contribution in [2.24, 2.45) is 0 Å². The largest absolute Gasteiger partial charge is 0.475 e. The Labute approximate surface area is 272 Å².